The zero-order valence-electron chi connectivity index (χ0n) is 17.8. The van der Waals surface area contributed by atoms with Crippen LogP contribution in [0, 0.1) is 5.92 Å². The highest BCUT2D eigenvalue weighted by Gasteiger charge is 2.32. The summed E-state index contributed by atoms with van der Waals surface area (Å²) in [6.45, 7) is 2.29. The summed E-state index contributed by atoms with van der Waals surface area (Å²) in [5, 5.41) is 6.49. The van der Waals surface area contributed by atoms with Gasteiger partial charge >= 0.3 is 6.18 Å². The Morgan fingerprint density at radius 3 is 2.47 bits per heavy atom. The van der Waals surface area contributed by atoms with Gasteiger partial charge in [-0.1, -0.05) is 0 Å². The number of hydrogen-bond donors (Lipinski definition) is 2. The molecule has 2 aliphatic heterocycles. The quantitative estimate of drug-likeness (QED) is 0.276. The van der Waals surface area contributed by atoms with Crippen LogP contribution < -0.4 is 10.6 Å². The fourth-order valence-corrected chi connectivity index (χ4v) is 3.56. The van der Waals surface area contributed by atoms with E-state index in [1.807, 2.05) is 0 Å². The Kier molecular flexibility index (Phi) is 12.3. The zero-order valence-corrected chi connectivity index (χ0v) is 20.2. The van der Waals surface area contributed by atoms with Gasteiger partial charge in [0.25, 0.3) is 0 Å². The van der Waals surface area contributed by atoms with Crippen LogP contribution in [0.5, 0.6) is 0 Å². The van der Waals surface area contributed by atoms with Crippen LogP contribution in [0.2, 0.25) is 0 Å². The Balaban J connectivity index is 0.00000450. The van der Waals surface area contributed by atoms with Crippen molar-refractivity contribution in [2.75, 3.05) is 60.0 Å². The van der Waals surface area contributed by atoms with Gasteiger partial charge in [-0.05, 0) is 51.1 Å². The molecule has 0 aromatic rings. The predicted molar refractivity (Wildman–Crippen MR) is 121 cm³/mol. The molecule has 2 fully saturated rings. The lowest BCUT2D eigenvalue weighted by Gasteiger charge is -2.32. The van der Waals surface area contributed by atoms with Crippen LogP contribution in [0.25, 0.3) is 0 Å². The van der Waals surface area contributed by atoms with Crippen LogP contribution in [0.3, 0.4) is 0 Å². The average Bonchev–Trinajstić information content (AvgIpc) is 3.16. The van der Waals surface area contributed by atoms with Gasteiger partial charge in [-0.15, -0.1) is 24.0 Å². The summed E-state index contributed by atoms with van der Waals surface area (Å²) in [5.41, 5.74) is 0. The highest BCUT2D eigenvalue weighted by molar-refractivity contribution is 14.0. The molecule has 2 N–H and O–H groups in total. The number of carbonyl (C=O) groups is 1. The van der Waals surface area contributed by atoms with Crippen LogP contribution in [0.1, 0.15) is 32.1 Å². The van der Waals surface area contributed by atoms with Gasteiger partial charge in [-0.25, -0.2) is 4.99 Å². The van der Waals surface area contributed by atoms with Crippen molar-refractivity contribution < 1.29 is 22.7 Å². The number of likely N-dealkylation sites (tertiary alicyclic amines) is 1. The monoisotopic (exact) mass is 549 g/mol. The van der Waals surface area contributed by atoms with E-state index in [4.69, 9.17) is 4.74 Å². The van der Waals surface area contributed by atoms with Gasteiger partial charge in [0.2, 0.25) is 5.91 Å². The molecule has 176 valence electrons. The van der Waals surface area contributed by atoms with Crippen molar-refractivity contribution in [3.63, 3.8) is 0 Å². The average molecular weight is 549 g/mol. The minimum Gasteiger partial charge on any atom is -0.376 e. The maximum atomic E-state index is 12.5. The van der Waals surface area contributed by atoms with E-state index >= 15 is 0 Å². The van der Waals surface area contributed by atoms with Crippen LogP contribution in [-0.4, -0.2) is 93.9 Å². The van der Waals surface area contributed by atoms with Crippen molar-refractivity contribution in [3.8, 4) is 0 Å². The van der Waals surface area contributed by atoms with E-state index in [-0.39, 0.29) is 42.5 Å². The highest BCUT2D eigenvalue weighted by Crippen LogP contribution is 2.23. The number of likely N-dealkylation sites (N-methyl/N-ethyl adjacent to an activating group) is 1. The van der Waals surface area contributed by atoms with E-state index in [1.165, 1.54) is 9.80 Å². The number of amides is 1. The molecule has 1 atom stereocenters. The van der Waals surface area contributed by atoms with E-state index in [2.05, 4.69) is 15.6 Å². The van der Waals surface area contributed by atoms with Crippen molar-refractivity contribution in [3.05, 3.63) is 0 Å². The second-order valence-corrected chi connectivity index (χ2v) is 8.02. The fraction of sp³-hybridized carbons (Fsp3) is 0.895. The molecule has 0 spiro atoms. The Morgan fingerprint density at radius 1 is 1.20 bits per heavy atom. The number of carbonyl (C=O) groups excluding carboxylic acids is 1. The Bertz CT molecular complexity index is 535. The smallest absolute Gasteiger partial charge is 0.376 e. The molecular weight excluding hydrogens is 514 g/mol. The molecule has 0 aromatic heterocycles. The fourth-order valence-electron chi connectivity index (χ4n) is 3.56. The van der Waals surface area contributed by atoms with Crippen LogP contribution in [0.15, 0.2) is 4.99 Å². The number of guanidine groups is 1. The summed E-state index contributed by atoms with van der Waals surface area (Å²) >= 11 is 0. The third-order valence-electron chi connectivity index (χ3n) is 5.35. The van der Waals surface area contributed by atoms with Gasteiger partial charge in [0.1, 0.15) is 6.54 Å². The number of piperidine rings is 1. The predicted octanol–water partition coefficient (Wildman–Crippen LogP) is 2.07. The number of hydrogen-bond acceptors (Lipinski definition) is 4. The number of aliphatic imine (C=N–C) groups is 1. The van der Waals surface area contributed by atoms with Crippen molar-refractivity contribution in [1.29, 1.82) is 0 Å². The molecule has 1 amide bonds. The molecular formula is C19H35F3IN5O2. The lowest BCUT2D eigenvalue weighted by Crippen LogP contribution is -2.43. The summed E-state index contributed by atoms with van der Waals surface area (Å²) in [5.74, 6) is 0.889. The maximum absolute atomic E-state index is 12.5. The molecule has 0 aliphatic carbocycles. The summed E-state index contributed by atoms with van der Waals surface area (Å²) in [4.78, 5) is 19.1. The molecule has 2 aliphatic rings. The number of alkyl halides is 3. The van der Waals surface area contributed by atoms with Crippen LogP contribution >= 0.6 is 24.0 Å². The molecule has 0 bridgehead atoms. The minimum atomic E-state index is -4.13. The van der Waals surface area contributed by atoms with Crippen molar-refractivity contribution >= 4 is 35.8 Å². The van der Waals surface area contributed by atoms with Gasteiger partial charge in [0.15, 0.2) is 5.96 Å². The van der Waals surface area contributed by atoms with E-state index in [0.29, 0.717) is 38.1 Å². The molecule has 7 nitrogen and oxygen atoms in total. The van der Waals surface area contributed by atoms with Gasteiger partial charge in [0.05, 0.1) is 12.6 Å². The molecule has 0 radical (unpaired) electrons. The number of ether oxygens (including phenoxy) is 1. The minimum absolute atomic E-state index is 0. The molecule has 30 heavy (non-hydrogen) atoms. The third kappa shape index (κ3) is 11.0. The number of nitrogens with zero attached hydrogens (tertiary/aromatic N) is 3. The van der Waals surface area contributed by atoms with Crippen molar-refractivity contribution in [2.45, 2.75) is 44.4 Å². The first-order valence-corrected chi connectivity index (χ1v) is 10.4. The molecule has 2 heterocycles. The first kappa shape index (κ1) is 27.2. The molecule has 0 saturated carbocycles. The summed E-state index contributed by atoms with van der Waals surface area (Å²) in [7, 11) is 3.38. The van der Waals surface area contributed by atoms with E-state index in [0.717, 1.165) is 38.7 Å². The maximum Gasteiger partial charge on any atom is 0.401 e. The standard InChI is InChI=1S/C19H34F3N5O2.HI/c1-26(2)17(28)13-25-18(24-12-16-4-3-11-29-16)23-8-5-15-6-9-27(10-7-15)14-19(20,21)22;/h15-16H,3-14H2,1-2H3,(H2,23,24,25);1H. The van der Waals surface area contributed by atoms with Crippen molar-refractivity contribution in [1.82, 2.24) is 20.4 Å². The van der Waals surface area contributed by atoms with Crippen LogP contribution in [-0.2, 0) is 9.53 Å². The molecule has 2 saturated heterocycles. The topological polar surface area (TPSA) is 69.2 Å². The third-order valence-corrected chi connectivity index (χ3v) is 5.35. The lowest BCUT2D eigenvalue weighted by atomic mass is 9.93. The van der Waals surface area contributed by atoms with Gasteiger partial charge in [0, 0.05) is 33.8 Å². The summed E-state index contributed by atoms with van der Waals surface area (Å²) < 4.78 is 43.1. The van der Waals surface area contributed by atoms with E-state index < -0.39 is 12.7 Å². The van der Waals surface area contributed by atoms with Crippen LogP contribution in [0.4, 0.5) is 13.2 Å². The molecule has 1 unspecified atom stereocenters. The summed E-state index contributed by atoms with van der Waals surface area (Å²) in [6, 6.07) is 0. The normalized spacial score (nSPS) is 21.2. The first-order valence-electron chi connectivity index (χ1n) is 10.4. The Labute approximate surface area is 194 Å². The van der Waals surface area contributed by atoms with E-state index in [9.17, 15) is 18.0 Å². The number of nitrogens with one attached hydrogen (secondary N) is 2. The molecule has 2 rings (SSSR count). The van der Waals surface area contributed by atoms with Gasteiger partial charge in [-0.2, -0.15) is 13.2 Å². The van der Waals surface area contributed by atoms with Crippen molar-refractivity contribution in [2.24, 2.45) is 10.9 Å². The highest BCUT2D eigenvalue weighted by atomic mass is 127. The Morgan fingerprint density at radius 2 is 1.90 bits per heavy atom. The largest absolute Gasteiger partial charge is 0.401 e. The van der Waals surface area contributed by atoms with Gasteiger partial charge < -0.3 is 20.3 Å². The van der Waals surface area contributed by atoms with Gasteiger partial charge in [-0.3, -0.25) is 9.69 Å². The van der Waals surface area contributed by atoms with E-state index in [1.54, 1.807) is 14.1 Å². The first-order chi connectivity index (χ1) is 13.7. The SMILES string of the molecule is CN(C)C(=O)CN=C(NCCC1CCN(CC(F)(F)F)CC1)NCC1CCCO1.I. The summed E-state index contributed by atoms with van der Waals surface area (Å²) in [6.07, 6.45) is 0.496. The second kappa shape index (κ2) is 13.6. The number of rotatable bonds is 8. The Hall–Kier alpha value is -0.820. The second-order valence-electron chi connectivity index (χ2n) is 8.02. The zero-order chi connectivity index (χ0) is 21.3. The number of halogens is 4. The lowest BCUT2D eigenvalue weighted by molar-refractivity contribution is -0.148. The molecule has 11 heteroatoms. The molecule has 0 aromatic carbocycles.